The summed E-state index contributed by atoms with van der Waals surface area (Å²) in [6.45, 7) is 3.27. The van der Waals surface area contributed by atoms with Crippen molar-refractivity contribution in [3.63, 3.8) is 0 Å². The quantitative estimate of drug-likeness (QED) is 0.376. The van der Waals surface area contributed by atoms with Crippen LogP contribution in [0, 0.1) is 0 Å². The first-order valence-electron chi connectivity index (χ1n) is 3.94. The Bertz CT molecular complexity index is 486. The van der Waals surface area contributed by atoms with Crippen molar-refractivity contribution in [1.82, 2.24) is 0 Å². The fourth-order valence-corrected chi connectivity index (χ4v) is 1.38. The Hall–Kier alpha value is -0.660. The Balaban J connectivity index is 0. The van der Waals surface area contributed by atoms with E-state index in [1.54, 1.807) is 0 Å². The number of nitrogens with one attached hydrogen (secondary N) is 1. The first-order valence-corrected chi connectivity index (χ1v) is 5.38. The van der Waals surface area contributed by atoms with Crippen LogP contribution in [0.15, 0.2) is 41.8 Å². The SMILES string of the molecule is C=CC(=O)Nc1ccc(S(=O)(=O)O)cc1.[H-].[Na+]. The van der Waals surface area contributed by atoms with Gasteiger partial charge in [-0.1, -0.05) is 6.58 Å². The van der Waals surface area contributed by atoms with Gasteiger partial charge in [0.25, 0.3) is 10.1 Å². The molecule has 0 unspecified atom stereocenters. The molecule has 0 aliphatic rings. The van der Waals surface area contributed by atoms with Crippen LogP contribution in [0.5, 0.6) is 0 Å². The van der Waals surface area contributed by atoms with Crippen LogP contribution in [0.1, 0.15) is 1.43 Å². The van der Waals surface area contributed by atoms with Crippen molar-refractivity contribution in [2.75, 3.05) is 5.32 Å². The molecule has 0 aliphatic carbocycles. The van der Waals surface area contributed by atoms with E-state index in [2.05, 4.69) is 11.9 Å². The average molecular weight is 251 g/mol. The Morgan fingerprint density at radius 3 is 2.25 bits per heavy atom. The molecule has 0 aromatic heterocycles. The van der Waals surface area contributed by atoms with Crippen LogP contribution in [0.25, 0.3) is 0 Å². The number of hydrogen-bond acceptors (Lipinski definition) is 3. The summed E-state index contributed by atoms with van der Waals surface area (Å²) < 4.78 is 30.0. The molecule has 0 radical (unpaired) electrons. The summed E-state index contributed by atoms with van der Waals surface area (Å²) in [5.74, 6) is -0.394. The molecule has 5 nitrogen and oxygen atoms in total. The van der Waals surface area contributed by atoms with Crippen LogP contribution in [0.4, 0.5) is 5.69 Å². The zero-order chi connectivity index (χ0) is 11.5. The number of anilines is 1. The van der Waals surface area contributed by atoms with Gasteiger partial charge in [0.1, 0.15) is 0 Å². The zero-order valence-corrected chi connectivity index (χ0v) is 11.5. The number of carbonyl (C=O) groups is 1. The van der Waals surface area contributed by atoms with Gasteiger partial charge in [0.05, 0.1) is 4.90 Å². The van der Waals surface area contributed by atoms with Crippen LogP contribution in [-0.4, -0.2) is 18.9 Å². The third kappa shape index (κ3) is 4.46. The van der Waals surface area contributed by atoms with E-state index in [9.17, 15) is 13.2 Å². The Morgan fingerprint density at radius 1 is 1.38 bits per heavy atom. The Morgan fingerprint density at radius 2 is 1.88 bits per heavy atom. The van der Waals surface area contributed by atoms with Gasteiger partial charge < -0.3 is 6.74 Å². The molecule has 1 amide bonds. The van der Waals surface area contributed by atoms with Crippen molar-refractivity contribution in [3.05, 3.63) is 36.9 Å². The van der Waals surface area contributed by atoms with Gasteiger partial charge in [-0.05, 0) is 30.3 Å². The standard InChI is InChI=1S/C9H9NO4S.Na.H/c1-2-9(11)10-7-3-5-8(6-4-7)15(12,13)14;;/h2-6H,1H2,(H,10,11)(H,12,13,14);;/q;+1;-1. The summed E-state index contributed by atoms with van der Waals surface area (Å²) in [7, 11) is -4.19. The molecule has 0 bridgehead atoms. The van der Waals surface area contributed by atoms with E-state index in [4.69, 9.17) is 4.55 Å². The maximum atomic E-state index is 10.9. The second-order valence-electron chi connectivity index (χ2n) is 2.69. The van der Waals surface area contributed by atoms with E-state index in [-0.39, 0.29) is 35.9 Å². The average Bonchev–Trinajstić information content (AvgIpc) is 2.17. The predicted molar refractivity (Wildman–Crippen MR) is 56.2 cm³/mol. The van der Waals surface area contributed by atoms with Crippen molar-refractivity contribution in [1.29, 1.82) is 0 Å². The van der Waals surface area contributed by atoms with Crippen LogP contribution >= 0.6 is 0 Å². The maximum Gasteiger partial charge on any atom is 1.00 e. The van der Waals surface area contributed by atoms with Gasteiger partial charge in [0.2, 0.25) is 5.91 Å². The van der Waals surface area contributed by atoms with E-state index >= 15 is 0 Å². The fraction of sp³-hybridized carbons (Fsp3) is 0. The molecule has 0 fully saturated rings. The summed E-state index contributed by atoms with van der Waals surface area (Å²) in [5, 5.41) is 2.44. The third-order valence-electron chi connectivity index (χ3n) is 1.61. The number of rotatable bonds is 3. The predicted octanol–water partition coefficient (Wildman–Crippen LogP) is -1.83. The molecule has 1 aromatic carbocycles. The summed E-state index contributed by atoms with van der Waals surface area (Å²) >= 11 is 0. The molecular formula is C9H10NNaO4S. The van der Waals surface area contributed by atoms with E-state index < -0.39 is 16.0 Å². The molecule has 0 aliphatic heterocycles. The summed E-state index contributed by atoms with van der Waals surface area (Å²) in [6, 6.07) is 5.11. The van der Waals surface area contributed by atoms with Crippen LogP contribution in [-0.2, 0) is 14.9 Å². The number of hydrogen-bond donors (Lipinski definition) is 2. The van der Waals surface area contributed by atoms with Gasteiger partial charge in [-0.3, -0.25) is 9.35 Å². The van der Waals surface area contributed by atoms with E-state index in [0.29, 0.717) is 5.69 Å². The van der Waals surface area contributed by atoms with Gasteiger partial charge in [-0.25, -0.2) is 0 Å². The minimum atomic E-state index is -4.19. The molecule has 0 spiro atoms. The molecule has 82 valence electrons. The molecular weight excluding hydrogens is 241 g/mol. The van der Waals surface area contributed by atoms with Crippen molar-refractivity contribution >= 4 is 21.7 Å². The van der Waals surface area contributed by atoms with Crippen LogP contribution in [0.3, 0.4) is 0 Å². The van der Waals surface area contributed by atoms with Gasteiger partial charge >= 0.3 is 29.6 Å². The second-order valence-corrected chi connectivity index (χ2v) is 4.11. The first kappa shape index (κ1) is 15.3. The minimum absolute atomic E-state index is 0. The fourth-order valence-electron chi connectivity index (χ4n) is 0.904. The molecule has 2 N–H and O–H groups in total. The van der Waals surface area contributed by atoms with Crippen LogP contribution in [0.2, 0.25) is 0 Å². The van der Waals surface area contributed by atoms with Crippen LogP contribution < -0.4 is 34.9 Å². The Labute approximate surface area is 117 Å². The molecule has 0 saturated carbocycles. The maximum absolute atomic E-state index is 10.9. The molecule has 0 heterocycles. The van der Waals surface area contributed by atoms with E-state index in [1.807, 2.05) is 0 Å². The number of benzene rings is 1. The summed E-state index contributed by atoms with van der Waals surface area (Å²) in [4.78, 5) is 10.6. The van der Waals surface area contributed by atoms with E-state index in [0.717, 1.165) is 6.08 Å². The Kier molecular flexibility index (Phi) is 5.91. The molecule has 0 atom stereocenters. The number of amides is 1. The third-order valence-corrected chi connectivity index (χ3v) is 2.47. The van der Waals surface area contributed by atoms with E-state index in [1.165, 1.54) is 24.3 Å². The molecule has 16 heavy (non-hydrogen) atoms. The van der Waals surface area contributed by atoms with Crippen molar-refractivity contribution in [2.24, 2.45) is 0 Å². The van der Waals surface area contributed by atoms with Gasteiger partial charge in [0, 0.05) is 5.69 Å². The normalized spacial score (nSPS) is 10.1. The molecule has 7 heteroatoms. The van der Waals surface area contributed by atoms with Crippen molar-refractivity contribution < 1.29 is 48.7 Å². The van der Waals surface area contributed by atoms with Gasteiger partial charge in [-0.15, -0.1) is 0 Å². The van der Waals surface area contributed by atoms with Crippen molar-refractivity contribution in [2.45, 2.75) is 4.90 Å². The number of carbonyl (C=O) groups excluding carboxylic acids is 1. The largest absolute Gasteiger partial charge is 1.00 e. The second kappa shape index (κ2) is 6.17. The minimum Gasteiger partial charge on any atom is -1.00 e. The van der Waals surface area contributed by atoms with Crippen molar-refractivity contribution in [3.8, 4) is 0 Å². The molecule has 1 aromatic rings. The summed E-state index contributed by atoms with van der Waals surface area (Å²) in [5.41, 5.74) is 0.423. The zero-order valence-electron chi connectivity index (χ0n) is 9.67. The van der Waals surface area contributed by atoms with Gasteiger partial charge in [0.15, 0.2) is 0 Å². The first-order chi connectivity index (χ1) is 6.93. The summed E-state index contributed by atoms with van der Waals surface area (Å²) in [6.07, 6.45) is 1.09. The molecule has 0 saturated heterocycles. The smallest absolute Gasteiger partial charge is 1.00 e. The monoisotopic (exact) mass is 251 g/mol. The molecule has 1 rings (SSSR count). The topological polar surface area (TPSA) is 83.5 Å². The van der Waals surface area contributed by atoms with Gasteiger partial charge in [-0.2, -0.15) is 8.42 Å².